The smallest absolute Gasteiger partial charge is 0.267 e. The summed E-state index contributed by atoms with van der Waals surface area (Å²) in [5.41, 5.74) is 4.66. The van der Waals surface area contributed by atoms with Crippen LogP contribution in [-0.2, 0) is 7.05 Å². The van der Waals surface area contributed by atoms with Crippen molar-refractivity contribution in [2.45, 2.75) is 13.0 Å². The summed E-state index contributed by atoms with van der Waals surface area (Å²) in [6.45, 7) is 6.22. The van der Waals surface area contributed by atoms with Gasteiger partial charge in [-0.25, -0.2) is 4.98 Å². The standard InChI is InChI=1S/C32H25N7O/c1-21(27-19-33-18-25-10-8-16-34-30(25)27)36-22(2)31-37-28-13-7-9-24(15-14-23-17-35-38(3)20-23)29(28)32(40)39(31)26-11-5-4-6-12-26/h4-13,16-20,22,36H,1H2,2-3H3. The molecule has 0 fully saturated rings. The van der Waals surface area contributed by atoms with Crippen LogP contribution >= 0.6 is 0 Å². The van der Waals surface area contributed by atoms with Crippen molar-refractivity contribution >= 4 is 27.5 Å². The highest BCUT2D eigenvalue weighted by Crippen LogP contribution is 2.24. The number of fused-ring (bicyclic) bond motifs is 2. The number of aryl methyl sites for hydroxylation is 1. The lowest BCUT2D eigenvalue weighted by molar-refractivity contribution is 0.624. The first-order valence-corrected chi connectivity index (χ1v) is 12.8. The molecule has 0 bridgehead atoms. The summed E-state index contributed by atoms with van der Waals surface area (Å²) < 4.78 is 3.33. The average molecular weight is 524 g/mol. The number of para-hydroxylation sites is 1. The Balaban J connectivity index is 1.47. The fraction of sp³-hybridized carbons (Fsp3) is 0.0938. The van der Waals surface area contributed by atoms with Crippen molar-refractivity contribution in [3.63, 3.8) is 0 Å². The van der Waals surface area contributed by atoms with Gasteiger partial charge in [0.1, 0.15) is 5.82 Å². The fourth-order valence-electron chi connectivity index (χ4n) is 4.72. The second-order valence-electron chi connectivity index (χ2n) is 9.41. The maximum atomic E-state index is 14.2. The third-order valence-electron chi connectivity index (χ3n) is 6.60. The van der Waals surface area contributed by atoms with Crippen LogP contribution in [0.25, 0.3) is 33.2 Å². The maximum absolute atomic E-state index is 14.2. The Kier molecular flexibility index (Phi) is 6.38. The van der Waals surface area contributed by atoms with Gasteiger partial charge in [-0.05, 0) is 43.3 Å². The Morgan fingerprint density at radius 2 is 1.85 bits per heavy atom. The monoisotopic (exact) mass is 523 g/mol. The molecule has 0 aliphatic heterocycles. The van der Waals surface area contributed by atoms with Crippen molar-refractivity contribution in [2.24, 2.45) is 7.05 Å². The highest BCUT2D eigenvalue weighted by Gasteiger charge is 2.20. The minimum absolute atomic E-state index is 0.199. The molecule has 6 aromatic rings. The van der Waals surface area contributed by atoms with Gasteiger partial charge in [-0.1, -0.05) is 42.7 Å². The molecule has 1 atom stereocenters. The number of rotatable bonds is 5. The molecule has 0 radical (unpaired) electrons. The van der Waals surface area contributed by atoms with E-state index in [1.165, 1.54) is 0 Å². The third kappa shape index (κ3) is 4.61. The molecule has 194 valence electrons. The number of nitrogens with zero attached hydrogens (tertiary/aromatic N) is 6. The van der Waals surface area contributed by atoms with Gasteiger partial charge in [0.25, 0.3) is 5.56 Å². The van der Waals surface area contributed by atoms with Crippen LogP contribution in [0.5, 0.6) is 0 Å². The molecular formula is C32H25N7O. The summed E-state index contributed by atoms with van der Waals surface area (Å²) in [6.07, 6.45) is 8.78. The van der Waals surface area contributed by atoms with E-state index in [4.69, 9.17) is 4.98 Å². The molecule has 0 aliphatic carbocycles. The van der Waals surface area contributed by atoms with E-state index >= 15 is 0 Å². The van der Waals surface area contributed by atoms with Gasteiger partial charge >= 0.3 is 0 Å². The van der Waals surface area contributed by atoms with Crippen LogP contribution in [0, 0.1) is 11.8 Å². The van der Waals surface area contributed by atoms with Gasteiger partial charge < -0.3 is 5.32 Å². The minimum atomic E-state index is -0.381. The van der Waals surface area contributed by atoms with Crippen LogP contribution in [-0.4, -0.2) is 29.3 Å². The molecule has 4 heterocycles. The second-order valence-corrected chi connectivity index (χ2v) is 9.41. The quantitative estimate of drug-likeness (QED) is 0.327. The van der Waals surface area contributed by atoms with Crippen LogP contribution in [0.2, 0.25) is 0 Å². The molecule has 0 amide bonds. The van der Waals surface area contributed by atoms with Gasteiger partial charge in [0, 0.05) is 54.0 Å². The average Bonchev–Trinajstić information content (AvgIpc) is 3.40. The van der Waals surface area contributed by atoms with Crippen LogP contribution < -0.4 is 10.9 Å². The number of nitrogens with one attached hydrogen (secondary N) is 1. The van der Waals surface area contributed by atoms with E-state index < -0.39 is 0 Å². The minimum Gasteiger partial charge on any atom is -0.375 e. The zero-order valence-corrected chi connectivity index (χ0v) is 22.0. The van der Waals surface area contributed by atoms with Crippen molar-refractivity contribution in [3.8, 4) is 17.5 Å². The zero-order valence-electron chi connectivity index (χ0n) is 22.0. The molecule has 4 aromatic heterocycles. The normalized spacial score (nSPS) is 11.7. The van der Waals surface area contributed by atoms with Gasteiger partial charge in [0.15, 0.2) is 0 Å². The molecule has 8 nitrogen and oxygen atoms in total. The fourth-order valence-corrected chi connectivity index (χ4v) is 4.72. The highest BCUT2D eigenvalue weighted by atomic mass is 16.1. The van der Waals surface area contributed by atoms with E-state index in [9.17, 15) is 4.79 Å². The van der Waals surface area contributed by atoms with Crippen molar-refractivity contribution < 1.29 is 0 Å². The number of pyridine rings is 2. The van der Waals surface area contributed by atoms with Crippen molar-refractivity contribution in [1.82, 2.24) is 34.6 Å². The molecule has 0 aliphatic rings. The zero-order chi connectivity index (χ0) is 27.6. The van der Waals surface area contributed by atoms with E-state index in [0.29, 0.717) is 33.7 Å². The van der Waals surface area contributed by atoms with Gasteiger partial charge in [0.2, 0.25) is 0 Å². The summed E-state index contributed by atoms with van der Waals surface area (Å²) in [6, 6.07) is 18.5. The number of benzene rings is 2. The summed E-state index contributed by atoms with van der Waals surface area (Å²) >= 11 is 0. The molecule has 0 saturated carbocycles. The Morgan fingerprint density at radius 1 is 1.00 bits per heavy atom. The van der Waals surface area contributed by atoms with E-state index in [0.717, 1.165) is 22.0 Å². The lowest BCUT2D eigenvalue weighted by atomic mass is 10.1. The van der Waals surface area contributed by atoms with Crippen LogP contribution in [0.1, 0.15) is 35.5 Å². The SMILES string of the molecule is C=C(NC(C)c1nc2cccc(C#Cc3cnn(C)c3)c2c(=O)n1-c1ccccc1)c1cncc2cccnc12. The van der Waals surface area contributed by atoms with Crippen LogP contribution in [0.3, 0.4) is 0 Å². The molecule has 8 heteroatoms. The van der Waals surface area contributed by atoms with E-state index in [1.807, 2.05) is 80.8 Å². The van der Waals surface area contributed by atoms with Crippen LogP contribution in [0.4, 0.5) is 0 Å². The third-order valence-corrected chi connectivity index (χ3v) is 6.60. The summed E-state index contributed by atoms with van der Waals surface area (Å²) in [4.78, 5) is 28.1. The summed E-state index contributed by atoms with van der Waals surface area (Å²) in [5, 5.41) is 8.98. The van der Waals surface area contributed by atoms with Crippen molar-refractivity contribution in [2.75, 3.05) is 0 Å². The first-order valence-electron chi connectivity index (χ1n) is 12.8. The molecule has 6 rings (SSSR count). The number of hydrogen-bond acceptors (Lipinski definition) is 6. The Hall–Kier alpha value is -5.55. The number of aromatic nitrogens is 6. The van der Waals surface area contributed by atoms with E-state index in [1.54, 1.807) is 34.0 Å². The Morgan fingerprint density at radius 3 is 2.65 bits per heavy atom. The van der Waals surface area contributed by atoms with Gasteiger partial charge in [-0.2, -0.15) is 5.10 Å². The van der Waals surface area contributed by atoms with E-state index in [2.05, 4.69) is 38.8 Å². The lowest BCUT2D eigenvalue weighted by Gasteiger charge is -2.22. The molecule has 0 spiro atoms. The van der Waals surface area contributed by atoms with Gasteiger partial charge in [0.05, 0.1) is 39.9 Å². The first kappa shape index (κ1) is 24.8. The lowest BCUT2D eigenvalue weighted by Crippen LogP contribution is -2.30. The molecule has 1 unspecified atom stereocenters. The Bertz CT molecular complexity index is 2010. The Labute approximate surface area is 230 Å². The van der Waals surface area contributed by atoms with E-state index in [-0.39, 0.29) is 11.6 Å². The topological polar surface area (TPSA) is 90.5 Å². The number of hydrogen-bond donors (Lipinski definition) is 1. The molecule has 1 N–H and O–H groups in total. The molecule has 0 saturated heterocycles. The van der Waals surface area contributed by atoms with Crippen LogP contribution in [0.15, 0.2) is 103 Å². The predicted molar refractivity (Wildman–Crippen MR) is 157 cm³/mol. The molecule has 40 heavy (non-hydrogen) atoms. The maximum Gasteiger partial charge on any atom is 0.267 e. The first-order chi connectivity index (χ1) is 19.5. The van der Waals surface area contributed by atoms with Crippen molar-refractivity contribution in [3.05, 3.63) is 131 Å². The molecular weight excluding hydrogens is 498 g/mol. The molecule has 2 aromatic carbocycles. The van der Waals surface area contributed by atoms with Gasteiger partial charge in [-0.15, -0.1) is 0 Å². The van der Waals surface area contributed by atoms with Gasteiger partial charge in [-0.3, -0.25) is 24.0 Å². The second kappa shape index (κ2) is 10.3. The summed E-state index contributed by atoms with van der Waals surface area (Å²) in [7, 11) is 1.84. The summed E-state index contributed by atoms with van der Waals surface area (Å²) in [5.74, 6) is 6.81. The van der Waals surface area contributed by atoms with Crippen molar-refractivity contribution in [1.29, 1.82) is 0 Å². The largest absolute Gasteiger partial charge is 0.375 e. The highest BCUT2D eigenvalue weighted by molar-refractivity contribution is 5.89. The predicted octanol–water partition coefficient (Wildman–Crippen LogP) is 4.78.